The van der Waals surface area contributed by atoms with Gasteiger partial charge in [0.25, 0.3) is 0 Å². The Kier molecular flexibility index (Phi) is 6.57. The molecular weight excluding hydrogens is 136 g/mol. The molecule has 0 amide bonds. The lowest BCUT2D eigenvalue weighted by Gasteiger charge is -2.23. The first-order chi connectivity index (χ1) is 5.20. The Hall–Kier alpha value is -0.0800. The molecule has 0 heterocycles. The fourth-order valence-corrected chi connectivity index (χ4v) is 1.03. The van der Waals surface area contributed by atoms with Crippen LogP contribution in [0.5, 0.6) is 0 Å². The molecule has 0 saturated heterocycles. The molecule has 0 aliphatic heterocycles. The molecule has 0 radical (unpaired) electrons. The summed E-state index contributed by atoms with van der Waals surface area (Å²) in [7, 11) is 0. The van der Waals surface area contributed by atoms with E-state index in [0.29, 0.717) is 6.04 Å². The van der Waals surface area contributed by atoms with Gasteiger partial charge in [-0.2, -0.15) is 0 Å². The third-order valence-electron chi connectivity index (χ3n) is 1.60. The van der Waals surface area contributed by atoms with Gasteiger partial charge < -0.3 is 0 Å². The van der Waals surface area contributed by atoms with Crippen molar-refractivity contribution in [2.45, 2.75) is 46.6 Å². The fraction of sp³-hybridized carbons (Fsp3) is 1.00. The highest BCUT2D eigenvalue weighted by atomic mass is 15.5. The molecule has 0 bridgehead atoms. The van der Waals surface area contributed by atoms with Crippen LogP contribution in [0.15, 0.2) is 0 Å². The Balaban J connectivity index is 3.41. The van der Waals surface area contributed by atoms with E-state index in [9.17, 15) is 0 Å². The third-order valence-corrected chi connectivity index (χ3v) is 1.60. The van der Waals surface area contributed by atoms with Gasteiger partial charge in [0.1, 0.15) is 0 Å². The number of rotatable bonds is 6. The molecule has 11 heavy (non-hydrogen) atoms. The maximum atomic E-state index is 3.40. The molecule has 0 spiro atoms. The standard InChI is InChI=1S/C9H22N2/c1-5-7-8-11(6-2)10-9(3)4/h9-10H,5-8H2,1-4H3. The SMILES string of the molecule is CCCCN(CC)NC(C)C. The third kappa shape index (κ3) is 6.32. The van der Waals surface area contributed by atoms with Crippen molar-refractivity contribution in [3.63, 3.8) is 0 Å². The number of hydrazine groups is 1. The van der Waals surface area contributed by atoms with Crippen molar-refractivity contribution >= 4 is 0 Å². The van der Waals surface area contributed by atoms with E-state index < -0.39 is 0 Å². The van der Waals surface area contributed by atoms with Gasteiger partial charge in [0.05, 0.1) is 0 Å². The summed E-state index contributed by atoms with van der Waals surface area (Å²) in [5, 5.41) is 2.29. The van der Waals surface area contributed by atoms with Gasteiger partial charge in [0.2, 0.25) is 0 Å². The first kappa shape index (κ1) is 10.9. The van der Waals surface area contributed by atoms with Crippen LogP contribution in [0.1, 0.15) is 40.5 Å². The minimum Gasteiger partial charge on any atom is -0.253 e. The highest BCUT2D eigenvalue weighted by Gasteiger charge is 2.01. The fourth-order valence-electron chi connectivity index (χ4n) is 1.03. The summed E-state index contributed by atoms with van der Waals surface area (Å²) in [6.07, 6.45) is 2.56. The minimum atomic E-state index is 0.562. The quantitative estimate of drug-likeness (QED) is 0.595. The number of unbranched alkanes of at least 4 members (excludes halogenated alkanes) is 1. The van der Waals surface area contributed by atoms with Crippen molar-refractivity contribution in [1.29, 1.82) is 0 Å². The highest BCUT2D eigenvalue weighted by Crippen LogP contribution is 1.92. The first-order valence-electron chi connectivity index (χ1n) is 4.71. The van der Waals surface area contributed by atoms with Gasteiger partial charge in [-0.15, -0.1) is 0 Å². The van der Waals surface area contributed by atoms with Gasteiger partial charge in [-0.05, 0) is 20.3 Å². The van der Waals surface area contributed by atoms with Crippen LogP contribution in [0.25, 0.3) is 0 Å². The van der Waals surface area contributed by atoms with Gasteiger partial charge >= 0.3 is 0 Å². The number of hydrogen-bond acceptors (Lipinski definition) is 2. The van der Waals surface area contributed by atoms with Gasteiger partial charge in [-0.25, -0.2) is 5.01 Å². The predicted molar refractivity (Wildman–Crippen MR) is 50.4 cm³/mol. The number of nitrogens with zero attached hydrogens (tertiary/aromatic N) is 1. The molecule has 0 aliphatic carbocycles. The van der Waals surface area contributed by atoms with Gasteiger partial charge in [0, 0.05) is 19.1 Å². The maximum Gasteiger partial charge on any atom is 0.0158 e. The van der Waals surface area contributed by atoms with Crippen LogP contribution < -0.4 is 5.43 Å². The lowest BCUT2D eigenvalue weighted by Crippen LogP contribution is -2.42. The molecule has 0 rings (SSSR count). The summed E-state index contributed by atoms with van der Waals surface area (Å²) in [4.78, 5) is 0. The molecule has 0 aliphatic rings. The van der Waals surface area contributed by atoms with E-state index in [-0.39, 0.29) is 0 Å². The van der Waals surface area contributed by atoms with Crippen molar-refractivity contribution < 1.29 is 0 Å². The number of nitrogens with one attached hydrogen (secondary N) is 1. The zero-order chi connectivity index (χ0) is 8.69. The van der Waals surface area contributed by atoms with Crippen LogP contribution in [-0.4, -0.2) is 24.1 Å². The second kappa shape index (κ2) is 6.62. The summed E-state index contributed by atoms with van der Waals surface area (Å²) < 4.78 is 0. The minimum absolute atomic E-state index is 0.562. The van der Waals surface area contributed by atoms with Gasteiger partial charge in [-0.1, -0.05) is 20.3 Å². The van der Waals surface area contributed by atoms with E-state index in [2.05, 4.69) is 38.1 Å². The monoisotopic (exact) mass is 158 g/mol. The lowest BCUT2D eigenvalue weighted by atomic mass is 10.3. The molecule has 0 saturated carbocycles. The van der Waals surface area contributed by atoms with Crippen LogP contribution in [-0.2, 0) is 0 Å². The molecule has 0 atom stereocenters. The molecular formula is C9H22N2. The molecule has 2 nitrogen and oxygen atoms in total. The van der Waals surface area contributed by atoms with Gasteiger partial charge in [0.15, 0.2) is 0 Å². The highest BCUT2D eigenvalue weighted by molar-refractivity contribution is 4.52. The van der Waals surface area contributed by atoms with E-state index in [1.54, 1.807) is 0 Å². The van der Waals surface area contributed by atoms with Crippen LogP contribution >= 0.6 is 0 Å². The largest absolute Gasteiger partial charge is 0.253 e. The smallest absolute Gasteiger partial charge is 0.0158 e. The molecule has 2 heteroatoms. The van der Waals surface area contributed by atoms with Crippen molar-refractivity contribution in [1.82, 2.24) is 10.4 Å². The number of hydrogen-bond donors (Lipinski definition) is 1. The van der Waals surface area contributed by atoms with E-state index in [1.165, 1.54) is 19.4 Å². The Morgan fingerprint density at radius 3 is 2.27 bits per heavy atom. The zero-order valence-electron chi connectivity index (χ0n) is 8.35. The summed E-state index contributed by atoms with van der Waals surface area (Å²) in [5.74, 6) is 0. The molecule has 0 aromatic carbocycles. The van der Waals surface area contributed by atoms with Crippen LogP contribution in [0.3, 0.4) is 0 Å². The van der Waals surface area contributed by atoms with Crippen molar-refractivity contribution in [3.8, 4) is 0 Å². The van der Waals surface area contributed by atoms with Crippen molar-refractivity contribution in [2.75, 3.05) is 13.1 Å². The average Bonchev–Trinajstić information content (AvgIpc) is 1.97. The lowest BCUT2D eigenvalue weighted by molar-refractivity contribution is 0.174. The molecule has 0 fully saturated rings. The van der Waals surface area contributed by atoms with E-state index in [0.717, 1.165) is 6.54 Å². The Morgan fingerprint density at radius 1 is 1.27 bits per heavy atom. The molecule has 1 N–H and O–H groups in total. The average molecular weight is 158 g/mol. The molecule has 0 unspecified atom stereocenters. The van der Waals surface area contributed by atoms with Crippen molar-refractivity contribution in [3.05, 3.63) is 0 Å². The topological polar surface area (TPSA) is 15.3 Å². The summed E-state index contributed by atoms with van der Waals surface area (Å²) in [6.45, 7) is 11.0. The van der Waals surface area contributed by atoms with E-state index in [1.807, 2.05) is 0 Å². The first-order valence-corrected chi connectivity index (χ1v) is 4.71. The Labute approximate surface area is 70.9 Å². The second-order valence-corrected chi connectivity index (χ2v) is 3.22. The second-order valence-electron chi connectivity index (χ2n) is 3.22. The van der Waals surface area contributed by atoms with Crippen LogP contribution in [0, 0.1) is 0 Å². The zero-order valence-corrected chi connectivity index (χ0v) is 8.35. The van der Waals surface area contributed by atoms with Crippen LogP contribution in [0.2, 0.25) is 0 Å². The summed E-state index contributed by atoms with van der Waals surface area (Å²) >= 11 is 0. The molecule has 68 valence electrons. The predicted octanol–water partition coefficient (Wildman–Crippen LogP) is 2.02. The Morgan fingerprint density at radius 2 is 1.91 bits per heavy atom. The molecule has 0 aromatic rings. The normalized spacial score (nSPS) is 11.5. The molecule has 0 aromatic heterocycles. The van der Waals surface area contributed by atoms with Gasteiger partial charge in [-0.3, -0.25) is 5.43 Å². The summed E-state index contributed by atoms with van der Waals surface area (Å²) in [5.41, 5.74) is 3.40. The van der Waals surface area contributed by atoms with Crippen molar-refractivity contribution in [2.24, 2.45) is 0 Å². The maximum absolute atomic E-state index is 3.40. The Bertz CT molecular complexity index is 81.6. The van der Waals surface area contributed by atoms with Crippen LogP contribution in [0.4, 0.5) is 0 Å². The van der Waals surface area contributed by atoms with E-state index in [4.69, 9.17) is 0 Å². The van der Waals surface area contributed by atoms with E-state index >= 15 is 0 Å². The summed E-state index contributed by atoms with van der Waals surface area (Å²) in [6, 6.07) is 0.562.